The highest BCUT2D eigenvalue weighted by Gasteiger charge is 2.37. The molecule has 0 saturated carbocycles. The van der Waals surface area contributed by atoms with E-state index in [4.69, 9.17) is 32.8 Å². The molecule has 13 heteroatoms. The SMILES string of the molecule is CCOCCC(=O)N(CC(=O)NCC(F)(F)F)C(=O)c1ccc(C2=NOC(C)(c3cc(Cl)cc(Cl)c3)C2)cc1C. The number of amides is 3. The fraction of sp³-hybridized carbons (Fsp3) is 0.407. The number of oxime groups is 1. The summed E-state index contributed by atoms with van der Waals surface area (Å²) in [4.78, 5) is 44.7. The molecular weight excluding hydrogens is 574 g/mol. The quantitative estimate of drug-likeness (QED) is 0.367. The first-order valence-electron chi connectivity index (χ1n) is 12.3. The van der Waals surface area contributed by atoms with Crippen LogP contribution in [0.4, 0.5) is 13.2 Å². The molecule has 0 radical (unpaired) electrons. The predicted molar refractivity (Wildman–Crippen MR) is 143 cm³/mol. The molecule has 3 rings (SSSR count). The number of rotatable bonds is 10. The molecule has 2 aromatic carbocycles. The Kier molecular flexibility index (Phi) is 10.2. The number of ether oxygens (including phenoxy) is 1. The van der Waals surface area contributed by atoms with Gasteiger partial charge in [-0.15, -0.1) is 0 Å². The minimum Gasteiger partial charge on any atom is -0.384 e. The maximum Gasteiger partial charge on any atom is 0.405 e. The fourth-order valence-electron chi connectivity index (χ4n) is 4.05. The van der Waals surface area contributed by atoms with Crippen LogP contribution in [0.3, 0.4) is 0 Å². The maximum absolute atomic E-state index is 13.3. The Labute approximate surface area is 239 Å². The van der Waals surface area contributed by atoms with Crippen LogP contribution in [-0.4, -0.2) is 60.8 Å². The Hall–Kier alpha value is -3.15. The molecule has 0 fully saturated rings. The van der Waals surface area contributed by atoms with Crippen LogP contribution in [0.2, 0.25) is 10.0 Å². The van der Waals surface area contributed by atoms with E-state index in [1.165, 1.54) is 6.07 Å². The summed E-state index contributed by atoms with van der Waals surface area (Å²) in [6.07, 6.45) is -4.50. The number of hydrogen-bond donors (Lipinski definition) is 1. The number of imide groups is 1. The average molecular weight is 602 g/mol. The van der Waals surface area contributed by atoms with Crippen molar-refractivity contribution in [3.05, 3.63) is 68.7 Å². The van der Waals surface area contributed by atoms with Crippen LogP contribution in [-0.2, 0) is 24.8 Å². The maximum atomic E-state index is 13.3. The Morgan fingerprint density at radius 3 is 2.42 bits per heavy atom. The summed E-state index contributed by atoms with van der Waals surface area (Å²) in [5, 5.41) is 6.80. The van der Waals surface area contributed by atoms with Gasteiger partial charge >= 0.3 is 6.18 Å². The summed E-state index contributed by atoms with van der Waals surface area (Å²) in [5.41, 5.74) is 1.71. The summed E-state index contributed by atoms with van der Waals surface area (Å²) in [6, 6.07) is 9.85. The van der Waals surface area contributed by atoms with Crippen molar-refractivity contribution in [2.45, 2.75) is 45.4 Å². The van der Waals surface area contributed by atoms with Crippen LogP contribution in [0.5, 0.6) is 0 Å². The van der Waals surface area contributed by atoms with E-state index >= 15 is 0 Å². The highest BCUT2D eigenvalue weighted by Crippen LogP contribution is 2.38. The van der Waals surface area contributed by atoms with Crippen molar-refractivity contribution in [2.24, 2.45) is 5.16 Å². The van der Waals surface area contributed by atoms with E-state index in [1.54, 1.807) is 49.5 Å². The van der Waals surface area contributed by atoms with Gasteiger partial charge in [-0.2, -0.15) is 13.2 Å². The van der Waals surface area contributed by atoms with E-state index in [1.807, 2.05) is 6.92 Å². The van der Waals surface area contributed by atoms with Crippen molar-refractivity contribution in [3.8, 4) is 0 Å². The lowest BCUT2D eigenvalue weighted by Gasteiger charge is -2.23. The molecule has 0 aromatic heterocycles. The smallest absolute Gasteiger partial charge is 0.384 e. The Bertz CT molecular complexity index is 1300. The zero-order chi connectivity index (χ0) is 29.7. The molecule has 40 heavy (non-hydrogen) atoms. The second kappa shape index (κ2) is 13.0. The number of aryl methyl sites for hydroxylation is 1. The first-order valence-corrected chi connectivity index (χ1v) is 13.1. The first kappa shape index (κ1) is 31.4. The first-order chi connectivity index (χ1) is 18.7. The van der Waals surface area contributed by atoms with Gasteiger partial charge in [-0.25, -0.2) is 0 Å². The van der Waals surface area contributed by atoms with Gasteiger partial charge in [0.1, 0.15) is 13.1 Å². The number of benzene rings is 2. The summed E-state index contributed by atoms with van der Waals surface area (Å²) >= 11 is 12.3. The molecule has 0 saturated heterocycles. The molecular formula is C27H28Cl2F3N3O5. The highest BCUT2D eigenvalue weighted by atomic mass is 35.5. The number of halogens is 5. The van der Waals surface area contributed by atoms with Gasteiger partial charge in [0.2, 0.25) is 11.8 Å². The third-order valence-corrected chi connectivity index (χ3v) is 6.56. The topological polar surface area (TPSA) is 97.3 Å². The van der Waals surface area contributed by atoms with E-state index in [0.717, 1.165) is 5.56 Å². The second-order valence-corrected chi connectivity index (χ2v) is 10.2. The fourth-order valence-corrected chi connectivity index (χ4v) is 4.57. The predicted octanol–water partition coefficient (Wildman–Crippen LogP) is 5.42. The van der Waals surface area contributed by atoms with Gasteiger partial charge in [-0.05, 0) is 62.2 Å². The zero-order valence-electron chi connectivity index (χ0n) is 22.0. The van der Waals surface area contributed by atoms with Crippen molar-refractivity contribution in [2.75, 3.05) is 26.3 Å². The van der Waals surface area contributed by atoms with E-state index in [9.17, 15) is 27.6 Å². The highest BCUT2D eigenvalue weighted by molar-refractivity contribution is 6.34. The van der Waals surface area contributed by atoms with Crippen molar-refractivity contribution in [1.29, 1.82) is 0 Å². The molecule has 1 aliphatic heterocycles. The number of hydrogen-bond acceptors (Lipinski definition) is 6. The summed E-state index contributed by atoms with van der Waals surface area (Å²) in [7, 11) is 0. The van der Waals surface area contributed by atoms with Crippen LogP contribution >= 0.6 is 23.2 Å². The largest absolute Gasteiger partial charge is 0.405 e. The molecule has 1 aliphatic rings. The third kappa shape index (κ3) is 8.18. The van der Waals surface area contributed by atoms with Crippen molar-refractivity contribution < 1.29 is 37.1 Å². The molecule has 0 aliphatic carbocycles. The van der Waals surface area contributed by atoms with E-state index in [0.29, 0.717) is 44.8 Å². The number of nitrogens with one attached hydrogen (secondary N) is 1. The van der Waals surface area contributed by atoms with E-state index in [-0.39, 0.29) is 18.6 Å². The summed E-state index contributed by atoms with van der Waals surface area (Å²) < 4.78 is 42.7. The van der Waals surface area contributed by atoms with Crippen molar-refractivity contribution in [3.63, 3.8) is 0 Å². The number of nitrogens with zero attached hydrogens (tertiary/aromatic N) is 2. The molecule has 1 unspecified atom stereocenters. The van der Waals surface area contributed by atoms with Crippen LogP contribution in [0.15, 0.2) is 41.6 Å². The van der Waals surface area contributed by atoms with Crippen molar-refractivity contribution in [1.82, 2.24) is 10.2 Å². The molecule has 2 aromatic rings. The zero-order valence-corrected chi connectivity index (χ0v) is 23.5. The van der Waals surface area contributed by atoms with Gasteiger partial charge in [-0.1, -0.05) is 34.4 Å². The lowest BCUT2D eigenvalue weighted by Crippen LogP contribution is -2.46. The molecule has 216 valence electrons. The molecule has 1 heterocycles. The van der Waals surface area contributed by atoms with Gasteiger partial charge in [0.25, 0.3) is 5.91 Å². The molecule has 0 bridgehead atoms. The third-order valence-electron chi connectivity index (χ3n) is 6.12. The number of carbonyl (C=O) groups excluding carboxylic acids is 3. The normalized spacial score (nSPS) is 16.8. The molecule has 1 N–H and O–H groups in total. The van der Waals surface area contributed by atoms with Gasteiger partial charge in [0.15, 0.2) is 5.60 Å². The Morgan fingerprint density at radius 2 is 1.82 bits per heavy atom. The average Bonchev–Trinajstić information content (AvgIpc) is 3.28. The van der Waals surface area contributed by atoms with Crippen LogP contribution in [0.1, 0.15) is 53.7 Å². The molecule has 0 spiro atoms. The Balaban J connectivity index is 1.80. The van der Waals surface area contributed by atoms with E-state index < -0.39 is 42.6 Å². The minimum atomic E-state index is -4.64. The van der Waals surface area contributed by atoms with E-state index in [2.05, 4.69) is 5.16 Å². The lowest BCUT2D eigenvalue weighted by molar-refractivity contribution is -0.141. The summed E-state index contributed by atoms with van der Waals surface area (Å²) in [6.45, 7) is 3.04. The minimum absolute atomic E-state index is 0.0162. The van der Waals surface area contributed by atoms with Crippen LogP contribution < -0.4 is 5.32 Å². The van der Waals surface area contributed by atoms with Crippen LogP contribution in [0.25, 0.3) is 0 Å². The summed E-state index contributed by atoms with van der Waals surface area (Å²) in [5.74, 6) is -2.70. The van der Waals surface area contributed by atoms with Gasteiger partial charge in [0, 0.05) is 34.2 Å². The molecule has 3 amide bonds. The number of carbonyl (C=O) groups is 3. The van der Waals surface area contributed by atoms with Gasteiger partial charge in [0.05, 0.1) is 18.7 Å². The lowest BCUT2D eigenvalue weighted by atomic mass is 9.88. The second-order valence-electron chi connectivity index (χ2n) is 9.35. The van der Waals surface area contributed by atoms with Gasteiger partial charge in [-0.3, -0.25) is 19.3 Å². The standard InChI is InChI=1S/C27H28Cl2F3N3O5/c1-4-39-8-7-24(37)35(14-23(36)33-15-27(30,31)32)25(38)21-6-5-17(9-16(21)2)22-13-26(3,40-34-22)18-10-19(28)12-20(29)11-18/h5-6,9-12H,4,7-8,13-15H2,1-3H3,(H,33,36). The molecule has 1 atom stereocenters. The monoisotopic (exact) mass is 601 g/mol. The Morgan fingerprint density at radius 1 is 1.15 bits per heavy atom. The van der Waals surface area contributed by atoms with Crippen molar-refractivity contribution >= 4 is 46.6 Å². The van der Waals surface area contributed by atoms with Crippen LogP contribution in [0, 0.1) is 6.92 Å². The molecule has 8 nitrogen and oxygen atoms in total. The van der Waals surface area contributed by atoms with Gasteiger partial charge < -0.3 is 14.9 Å². The number of alkyl halides is 3.